The van der Waals surface area contributed by atoms with Crippen LogP contribution in [0.5, 0.6) is 0 Å². The molecule has 1 aliphatic heterocycles. The highest BCUT2D eigenvalue weighted by atomic mass is 16.6. The fraction of sp³-hybridized carbons (Fsp3) is 0.875. The first-order chi connectivity index (χ1) is 9.72. The molecule has 1 amide bonds. The second kappa shape index (κ2) is 7.25. The number of piperidine rings is 1. The van der Waals surface area contributed by atoms with E-state index in [-0.39, 0.29) is 12.0 Å². The molecule has 5 nitrogen and oxygen atoms in total. The van der Waals surface area contributed by atoms with Crippen molar-refractivity contribution in [2.45, 2.75) is 65.1 Å². The molecule has 2 unspecified atom stereocenters. The minimum absolute atomic E-state index is 0.156. The third-order valence-electron chi connectivity index (χ3n) is 3.90. The number of likely N-dealkylation sites (tertiary alicyclic amines) is 1. The molecule has 122 valence electrons. The van der Waals surface area contributed by atoms with E-state index in [1.54, 1.807) is 4.90 Å². The van der Waals surface area contributed by atoms with Crippen molar-refractivity contribution in [3.05, 3.63) is 0 Å². The summed E-state index contributed by atoms with van der Waals surface area (Å²) in [5.41, 5.74) is -0.993. The predicted octanol–water partition coefficient (Wildman–Crippen LogP) is 3.02. The van der Waals surface area contributed by atoms with Crippen molar-refractivity contribution in [1.29, 1.82) is 0 Å². The van der Waals surface area contributed by atoms with Crippen LogP contribution < -0.4 is 0 Å². The van der Waals surface area contributed by atoms with Gasteiger partial charge < -0.3 is 19.2 Å². The molecule has 1 aliphatic rings. The van der Waals surface area contributed by atoms with Crippen LogP contribution in [-0.4, -0.2) is 48.2 Å². The molecule has 21 heavy (non-hydrogen) atoms. The Morgan fingerprint density at radius 3 is 2.52 bits per heavy atom. The topological polar surface area (TPSA) is 55.8 Å². The van der Waals surface area contributed by atoms with Crippen LogP contribution in [0.25, 0.3) is 0 Å². The minimum atomic E-state index is -0.503. The van der Waals surface area contributed by atoms with E-state index in [1.165, 1.54) is 0 Å². The van der Waals surface area contributed by atoms with E-state index < -0.39 is 11.2 Å². The summed E-state index contributed by atoms with van der Waals surface area (Å²) in [6.45, 7) is 11.3. The number of amides is 1. The van der Waals surface area contributed by atoms with Crippen molar-refractivity contribution >= 4 is 12.4 Å². The van der Waals surface area contributed by atoms with Gasteiger partial charge in [-0.15, -0.1) is 0 Å². The highest BCUT2D eigenvalue weighted by Gasteiger charge is 2.39. The molecule has 2 atom stereocenters. The lowest BCUT2D eigenvalue weighted by molar-refractivity contribution is -0.123. The molecule has 5 heteroatoms. The summed E-state index contributed by atoms with van der Waals surface area (Å²) in [4.78, 5) is 24.9. The molecule has 0 aromatic carbocycles. The summed E-state index contributed by atoms with van der Waals surface area (Å²) in [6, 6.07) is 0. The van der Waals surface area contributed by atoms with E-state index in [4.69, 9.17) is 9.47 Å². The van der Waals surface area contributed by atoms with Crippen molar-refractivity contribution in [1.82, 2.24) is 4.90 Å². The zero-order valence-corrected chi connectivity index (χ0v) is 14.0. The molecule has 0 spiro atoms. The van der Waals surface area contributed by atoms with E-state index in [0.717, 1.165) is 19.1 Å². The average Bonchev–Trinajstić information content (AvgIpc) is 2.37. The number of aldehydes is 1. The maximum atomic E-state index is 12.2. The van der Waals surface area contributed by atoms with Crippen LogP contribution in [0.2, 0.25) is 0 Å². The van der Waals surface area contributed by atoms with Gasteiger partial charge in [-0.25, -0.2) is 4.79 Å². The summed E-state index contributed by atoms with van der Waals surface area (Å²) in [7, 11) is 0. The Morgan fingerprint density at radius 1 is 1.33 bits per heavy atom. The Kier molecular flexibility index (Phi) is 6.20. The molecule has 0 saturated carbocycles. The van der Waals surface area contributed by atoms with Crippen molar-refractivity contribution in [2.75, 3.05) is 19.7 Å². The Hall–Kier alpha value is -1.10. The Balaban J connectivity index is 2.74. The number of carbonyl (C=O) groups is 2. The van der Waals surface area contributed by atoms with E-state index >= 15 is 0 Å². The van der Waals surface area contributed by atoms with Gasteiger partial charge in [0.2, 0.25) is 0 Å². The first kappa shape index (κ1) is 18.0. The summed E-state index contributed by atoms with van der Waals surface area (Å²) >= 11 is 0. The molecular formula is C16H29NO4. The quantitative estimate of drug-likeness (QED) is 0.732. The molecule has 0 bridgehead atoms. The van der Waals surface area contributed by atoms with Crippen LogP contribution in [0.3, 0.4) is 0 Å². The third kappa shape index (κ3) is 5.30. The molecule has 0 radical (unpaired) electrons. The molecule has 1 saturated heterocycles. The van der Waals surface area contributed by atoms with E-state index in [2.05, 4.69) is 0 Å². The number of nitrogens with zero attached hydrogens (tertiary/aromatic N) is 1. The second-order valence-corrected chi connectivity index (χ2v) is 6.88. The number of ether oxygens (including phenoxy) is 2. The largest absolute Gasteiger partial charge is 0.444 e. The molecule has 0 aliphatic carbocycles. The summed E-state index contributed by atoms with van der Waals surface area (Å²) < 4.78 is 11.3. The molecule has 1 rings (SSSR count). The molecule has 0 aromatic heterocycles. The Morgan fingerprint density at radius 2 is 2.00 bits per heavy atom. The van der Waals surface area contributed by atoms with Crippen LogP contribution in [-0.2, 0) is 14.3 Å². The SMILES string of the molecule is CCOC(C)(CC=O)C1CCCN(C(=O)OC(C)(C)C)C1. The lowest BCUT2D eigenvalue weighted by Gasteiger charge is -2.42. The van der Waals surface area contributed by atoms with Crippen LogP contribution in [0.15, 0.2) is 0 Å². The molecule has 0 aromatic rings. The maximum absolute atomic E-state index is 12.2. The van der Waals surface area contributed by atoms with Crippen molar-refractivity contribution < 1.29 is 19.1 Å². The lowest BCUT2D eigenvalue weighted by atomic mass is 9.81. The Bertz CT molecular complexity index is 364. The number of hydrogen-bond acceptors (Lipinski definition) is 4. The average molecular weight is 299 g/mol. The number of hydrogen-bond donors (Lipinski definition) is 0. The maximum Gasteiger partial charge on any atom is 0.410 e. The fourth-order valence-corrected chi connectivity index (χ4v) is 2.81. The summed E-state index contributed by atoms with van der Waals surface area (Å²) in [5.74, 6) is 0.156. The molecular weight excluding hydrogens is 270 g/mol. The molecule has 1 heterocycles. The molecule has 0 N–H and O–H groups in total. The zero-order chi connectivity index (χ0) is 16.1. The number of rotatable bonds is 5. The van der Waals surface area contributed by atoms with E-state index in [0.29, 0.717) is 26.1 Å². The highest BCUT2D eigenvalue weighted by Crippen LogP contribution is 2.33. The first-order valence-corrected chi connectivity index (χ1v) is 7.77. The van der Waals surface area contributed by atoms with Gasteiger partial charge in [-0.05, 0) is 47.5 Å². The van der Waals surface area contributed by atoms with Gasteiger partial charge in [0, 0.05) is 32.0 Å². The fourth-order valence-electron chi connectivity index (χ4n) is 2.81. The van der Waals surface area contributed by atoms with E-state index in [9.17, 15) is 9.59 Å². The van der Waals surface area contributed by atoms with Crippen molar-refractivity contribution in [3.63, 3.8) is 0 Å². The van der Waals surface area contributed by atoms with Gasteiger partial charge in [0.25, 0.3) is 0 Å². The van der Waals surface area contributed by atoms with Crippen LogP contribution in [0, 0.1) is 5.92 Å². The predicted molar refractivity (Wildman–Crippen MR) is 81.2 cm³/mol. The van der Waals surface area contributed by atoms with Gasteiger partial charge in [-0.1, -0.05) is 0 Å². The minimum Gasteiger partial charge on any atom is -0.444 e. The molecule has 1 fully saturated rings. The van der Waals surface area contributed by atoms with Crippen LogP contribution >= 0.6 is 0 Å². The third-order valence-corrected chi connectivity index (χ3v) is 3.90. The van der Waals surface area contributed by atoms with Gasteiger partial charge in [-0.3, -0.25) is 0 Å². The van der Waals surface area contributed by atoms with Crippen molar-refractivity contribution in [2.24, 2.45) is 5.92 Å². The van der Waals surface area contributed by atoms with Gasteiger partial charge in [0.05, 0.1) is 5.60 Å². The van der Waals surface area contributed by atoms with Gasteiger partial charge in [0.15, 0.2) is 0 Å². The zero-order valence-electron chi connectivity index (χ0n) is 14.0. The normalized spacial score (nSPS) is 22.5. The van der Waals surface area contributed by atoms with Gasteiger partial charge >= 0.3 is 6.09 Å². The second-order valence-electron chi connectivity index (χ2n) is 6.88. The highest BCUT2D eigenvalue weighted by molar-refractivity contribution is 5.68. The Labute approximate surface area is 128 Å². The lowest BCUT2D eigenvalue weighted by Crippen LogP contribution is -2.50. The first-order valence-electron chi connectivity index (χ1n) is 7.77. The van der Waals surface area contributed by atoms with Crippen molar-refractivity contribution in [3.8, 4) is 0 Å². The van der Waals surface area contributed by atoms with Gasteiger partial charge in [-0.2, -0.15) is 0 Å². The van der Waals surface area contributed by atoms with Crippen LogP contribution in [0.1, 0.15) is 53.9 Å². The smallest absolute Gasteiger partial charge is 0.410 e. The summed E-state index contributed by atoms with van der Waals surface area (Å²) in [6.07, 6.45) is 2.85. The van der Waals surface area contributed by atoms with Crippen LogP contribution in [0.4, 0.5) is 4.79 Å². The standard InChI is InChI=1S/C16H29NO4/c1-6-20-16(5,9-11-18)13-8-7-10-17(12-13)14(19)21-15(2,3)4/h11,13H,6-10,12H2,1-5H3. The number of carbonyl (C=O) groups excluding carboxylic acids is 2. The summed E-state index contributed by atoms with van der Waals surface area (Å²) in [5, 5.41) is 0. The van der Waals surface area contributed by atoms with E-state index in [1.807, 2.05) is 34.6 Å². The van der Waals surface area contributed by atoms with Gasteiger partial charge in [0.1, 0.15) is 11.9 Å². The monoisotopic (exact) mass is 299 g/mol.